The summed E-state index contributed by atoms with van der Waals surface area (Å²) < 4.78 is 53.7. The Morgan fingerprint density at radius 1 is 1.09 bits per heavy atom. The second kappa shape index (κ2) is 7.90. The van der Waals surface area contributed by atoms with E-state index in [0.29, 0.717) is 35.5 Å². The number of hydrogen-bond donors (Lipinski definition) is 1. The molecule has 0 bridgehead atoms. The molecule has 4 heterocycles. The molecule has 0 spiro atoms. The molecule has 2 aromatic carbocycles. The van der Waals surface area contributed by atoms with Crippen molar-refractivity contribution in [2.24, 2.45) is 0 Å². The Kier molecular flexibility index (Phi) is 4.85. The maximum atomic E-state index is 15.1. The van der Waals surface area contributed by atoms with Crippen LogP contribution in [0.2, 0.25) is 0 Å². The normalized spacial score (nSPS) is 17.4. The van der Waals surface area contributed by atoms with Crippen molar-refractivity contribution in [3.05, 3.63) is 88.6 Å². The average Bonchev–Trinajstić information content (AvgIpc) is 3.41. The van der Waals surface area contributed by atoms with Crippen LogP contribution in [0.3, 0.4) is 0 Å². The summed E-state index contributed by atoms with van der Waals surface area (Å²) in [7, 11) is 0. The molecule has 33 heavy (non-hydrogen) atoms. The number of alkyl halides is 2. The predicted octanol–water partition coefficient (Wildman–Crippen LogP) is 5.01. The Morgan fingerprint density at radius 3 is 2.82 bits per heavy atom. The fourth-order valence-corrected chi connectivity index (χ4v) is 4.76. The van der Waals surface area contributed by atoms with Crippen LogP contribution in [0.5, 0.6) is 5.75 Å². The van der Waals surface area contributed by atoms with E-state index in [4.69, 9.17) is 9.47 Å². The summed E-state index contributed by atoms with van der Waals surface area (Å²) in [4.78, 5) is 4.62. The van der Waals surface area contributed by atoms with Gasteiger partial charge in [0.15, 0.2) is 0 Å². The minimum absolute atomic E-state index is 0.0498. The zero-order valence-electron chi connectivity index (χ0n) is 17.5. The number of nitrogens with zero attached hydrogens (tertiary/aromatic N) is 2. The van der Waals surface area contributed by atoms with Gasteiger partial charge in [0.05, 0.1) is 18.0 Å². The van der Waals surface area contributed by atoms with Crippen molar-refractivity contribution in [1.82, 2.24) is 14.7 Å². The Morgan fingerprint density at radius 2 is 1.94 bits per heavy atom. The van der Waals surface area contributed by atoms with E-state index in [0.717, 1.165) is 29.9 Å². The first-order valence-electron chi connectivity index (χ1n) is 10.8. The van der Waals surface area contributed by atoms with Crippen molar-refractivity contribution in [2.75, 3.05) is 6.61 Å². The van der Waals surface area contributed by atoms with Gasteiger partial charge in [-0.3, -0.25) is 4.40 Å². The predicted molar refractivity (Wildman–Crippen MR) is 116 cm³/mol. The highest BCUT2D eigenvalue weighted by Gasteiger charge is 2.31. The highest BCUT2D eigenvalue weighted by molar-refractivity contribution is 5.68. The first-order chi connectivity index (χ1) is 16.1. The zero-order chi connectivity index (χ0) is 22.5. The molecule has 8 heteroatoms. The molecular formula is C25H20F3N3O2. The standard InChI is InChI=1S/C25H20F3N3O2/c26-19-10-22-30-20-7-8-32-24(17-3-1-2-4-21(17)33-25(27)28)23(20)31(22)13-18(19)14-5-6-15-11-29-12-16(15)9-14/h1-6,9-10,13,24-25,29H,7-8,11-12H2. The summed E-state index contributed by atoms with van der Waals surface area (Å²) in [5, 5.41) is 3.30. The van der Waals surface area contributed by atoms with Gasteiger partial charge in [0.2, 0.25) is 0 Å². The monoisotopic (exact) mass is 451 g/mol. The number of hydrogen-bond acceptors (Lipinski definition) is 4. The van der Waals surface area contributed by atoms with Gasteiger partial charge in [-0.15, -0.1) is 0 Å². The van der Waals surface area contributed by atoms with Crippen LogP contribution in [0.1, 0.15) is 34.2 Å². The lowest BCUT2D eigenvalue weighted by Crippen LogP contribution is -2.20. The second-order valence-electron chi connectivity index (χ2n) is 8.21. The third-order valence-electron chi connectivity index (χ3n) is 6.26. The summed E-state index contributed by atoms with van der Waals surface area (Å²) in [6.45, 7) is -1.01. The topological polar surface area (TPSA) is 47.8 Å². The van der Waals surface area contributed by atoms with Gasteiger partial charge in [0.1, 0.15) is 23.3 Å². The molecule has 0 fully saturated rings. The summed E-state index contributed by atoms with van der Waals surface area (Å²) >= 11 is 0. The van der Waals surface area contributed by atoms with Gasteiger partial charge < -0.3 is 14.8 Å². The summed E-state index contributed by atoms with van der Waals surface area (Å²) in [6.07, 6.45) is 1.60. The molecule has 1 atom stereocenters. The number of ether oxygens (including phenoxy) is 2. The lowest BCUT2D eigenvalue weighted by atomic mass is 10.00. The second-order valence-corrected chi connectivity index (χ2v) is 8.21. The number of halogens is 3. The van der Waals surface area contributed by atoms with Gasteiger partial charge in [0, 0.05) is 42.9 Å². The van der Waals surface area contributed by atoms with Crippen LogP contribution in [0.25, 0.3) is 16.8 Å². The molecule has 0 saturated carbocycles. The molecule has 2 aromatic heterocycles. The third-order valence-corrected chi connectivity index (χ3v) is 6.26. The minimum atomic E-state index is -2.95. The number of rotatable bonds is 4. The maximum Gasteiger partial charge on any atom is 0.387 e. The van der Waals surface area contributed by atoms with Gasteiger partial charge >= 0.3 is 6.61 Å². The van der Waals surface area contributed by atoms with Gasteiger partial charge in [-0.05, 0) is 28.8 Å². The molecule has 168 valence electrons. The van der Waals surface area contributed by atoms with Gasteiger partial charge in [0.25, 0.3) is 0 Å². The maximum absolute atomic E-state index is 15.1. The Bertz CT molecular complexity index is 1370. The molecule has 0 saturated heterocycles. The van der Waals surface area contributed by atoms with Crippen LogP contribution >= 0.6 is 0 Å². The number of benzene rings is 2. The van der Waals surface area contributed by atoms with Gasteiger partial charge in [-0.2, -0.15) is 8.78 Å². The number of fused-ring (bicyclic) bond motifs is 4. The number of imidazole rings is 1. The van der Waals surface area contributed by atoms with Crippen LogP contribution in [-0.4, -0.2) is 22.6 Å². The fraction of sp³-hybridized carbons (Fsp3) is 0.240. The van der Waals surface area contributed by atoms with E-state index < -0.39 is 12.7 Å². The van der Waals surface area contributed by atoms with Crippen molar-refractivity contribution in [3.8, 4) is 16.9 Å². The summed E-state index contributed by atoms with van der Waals surface area (Å²) in [5.74, 6) is -0.316. The number of para-hydroxylation sites is 1. The Labute approximate surface area is 187 Å². The van der Waals surface area contributed by atoms with E-state index in [1.165, 1.54) is 17.7 Å². The van der Waals surface area contributed by atoms with Crippen molar-refractivity contribution >= 4 is 5.65 Å². The van der Waals surface area contributed by atoms with E-state index in [-0.39, 0.29) is 11.6 Å². The highest BCUT2D eigenvalue weighted by Crippen LogP contribution is 2.39. The highest BCUT2D eigenvalue weighted by atomic mass is 19.3. The smallest absolute Gasteiger partial charge is 0.387 e. The molecule has 5 nitrogen and oxygen atoms in total. The molecule has 0 radical (unpaired) electrons. The van der Waals surface area contributed by atoms with Crippen molar-refractivity contribution in [2.45, 2.75) is 32.2 Å². The molecule has 0 amide bonds. The zero-order valence-corrected chi connectivity index (χ0v) is 17.5. The largest absolute Gasteiger partial charge is 0.434 e. The molecule has 1 unspecified atom stereocenters. The van der Waals surface area contributed by atoms with E-state index in [9.17, 15) is 8.78 Å². The van der Waals surface area contributed by atoms with Crippen LogP contribution < -0.4 is 10.1 Å². The first kappa shape index (κ1) is 20.3. The Balaban J connectivity index is 1.51. The fourth-order valence-electron chi connectivity index (χ4n) is 4.76. The van der Waals surface area contributed by atoms with Crippen LogP contribution in [0.4, 0.5) is 13.2 Å². The molecular weight excluding hydrogens is 431 g/mol. The third kappa shape index (κ3) is 3.46. The average molecular weight is 451 g/mol. The molecule has 1 N–H and O–H groups in total. The van der Waals surface area contributed by atoms with Crippen molar-refractivity contribution in [1.29, 1.82) is 0 Å². The lowest BCUT2D eigenvalue weighted by Gasteiger charge is -2.25. The molecule has 2 aliphatic heterocycles. The van der Waals surface area contributed by atoms with Crippen molar-refractivity contribution in [3.63, 3.8) is 0 Å². The van der Waals surface area contributed by atoms with E-state index in [1.54, 1.807) is 24.4 Å². The number of pyridine rings is 1. The number of nitrogens with one attached hydrogen (secondary N) is 1. The van der Waals surface area contributed by atoms with E-state index >= 15 is 4.39 Å². The molecule has 2 aliphatic rings. The van der Waals surface area contributed by atoms with E-state index in [2.05, 4.69) is 10.3 Å². The van der Waals surface area contributed by atoms with Crippen LogP contribution in [-0.2, 0) is 24.2 Å². The van der Waals surface area contributed by atoms with Gasteiger partial charge in [-0.25, -0.2) is 9.37 Å². The van der Waals surface area contributed by atoms with E-state index in [1.807, 2.05) is 22.6 Å². The molecule has 4 aromatic rings. The summed E-state index contributed by atoms with van der Waals surface area (Å²) in [5.41, 5.74) is 5.97. The quantitative estimate of drug-likeness (QED) is 0.474. The Hall–Kier alpha value is -3.36. The van der Waals surface area contributed by atoms with Crippen molar-refractivity contribution < 1.29 is 22.6 Å². The van der Waals surface area contributed by atoms with Gasteiger partial charge in [-0.1, -0.05) is 30.3 Å². The lowest BCUT2D eigenvalue weighted by molar-refractivity contribution is -0.0522. The molecule has 6 rings (SSSR count). The molecule has 0 aliphatic carbocycles. The SMILES string of the molecule is Fc1cc2nc3c(n2cc1-c1ccc2c(c1)CNC2)C(c1ccccc1OC(F)F)OCC3. The summed E-state index contributed by atoms with van der Waals surface area (Å²) in [6, 6.07) is 13.9. The number of aromatic nitrogens is 2. The minimum Gasteiger partial charge on any atom is -0.434 e. The first-order valence-corrected chi connectivity index (χ1v) is 10.8. The van der Waals surface area contributed by atoms with Crippen LogP contribution in [0, 0.1) is 5.82 Å². The van der Waals surface area contributed by atoms with Crippen LogP contribution in [0.15, 0.2) is 54.7 Å².